The predicted octanol–water partition coefficient (Wildman–Crippen LogP) is 2.37. The fourth-order valence-electron chi connectivity index (χ4n) is 1.94. The van der Waals surface area contributed by atoms with Gasteiger partial charge in [0.2, 0.25) is 0 Å². The lowest BCUT2D eigenvalue weighted by molar-refractivity contribution is 0.0956. The van der Waals surface area contributed by atoms with Crippen molar-refractivity contribution in [1.29, 1.82) is 0 Å². The molecule has 0 aliphatic heterocycles. The Balaban J connectivity index is 2.50. The maximum atomic E-state index is 11.8. The van der Waals surface area contributed by atoms with Crippen LogP contribution in [0.3, 0.4) is 0 Å². The summed E-state index contributed by atoms with van der Waals surface area (Å²) in [5.41, 5.74) is 3.84. The van der Waals surface area contributed by atoms with Crippen molar-refractivity contribution in [3.05, 3.63) is 34.8 Å². The second kappa shape index (κ2) is 6.49. The third-order valence-electron chi connectivity index (χ3n) is 2.86. The van der Waals surface area contributed by atoms with E-state index in [1.54, 1.807) is 7.11 Å². The van der Waals surface area contributed by atoms with Crippen LogP contribution < -0.4 is 16.0 Å². The number of nitrogen functional groups attached to an aromatic ring is 1. The van der Waals surface area contributed by atoms with Crippen molar-refractivity contribution in [1.82, 2.24) is 10.4 Å². The lowest BCUT2D eigenvalue weighted by Gasteiger charge is -2.04. The third kappa shape index (κ3) is 2.81. The molecule has 0 fully saturated rings. The number of carbonyl (C=O) groups is 1. The van der Waals surface area contributed by atoms with Crippen LogP contribution in [0.25, 0.3) is 10.6 Å². The molecular formula is C14H17N3O2S. The van der Waals surface area contributed by atoms with Gasteiger partial charge in [-0.1, -0.05) is 25.5 Å². The zero-order chi connectivity index (χ0) is 14.5. The molecule has 2 aromatic rings. The summed E-state index contributed by atoms with van der Waals surface area (Å²) in [6.45, 7) is 2.05. The monoisotopic (exact) mass is 291 g/mol. The number of ether oxygens (including phenoxy) is 1. The molecular weight excluding hydrogens is 274 g/mol. The Morgan fingerprint density at radius 1 is 1.45 bits per heavy atom. The quantitative estimate of drug-likeness (QED) is 0.504. The van der Waals surface area contributed by atoms with Gasteiger partial charge >= 0.3 is 0 Å². The number of nitrogens with one attached hydrogen (secondary N) is 1. The van der Waals surface area contributed by atoms with Crippen molar-refractivity contribution >= 4 is 17.2 Å². The zero-order valence-corrected chi connectivity index (χ0v) is 12.3. The number of methoxy groups -OCH3 is 1. The van der Waals surface area contributed by atoms with E-state index in [0.717, 1.165) is 34.9 Å². The number of nitrogens with two attached hydrogens (primary N) is 1. The molecule has 0 spiro atoms. The summed E-state index contributed by atoms with van der Waals surface area (Å²) < 4.78 is 5.34. The van der Waals surface area contributed by atoms with Crippen molar-refractivity contribution in [3.63, 3.8) is 0 Å². The molecule has 0 radical (unpaired) electrons. The average Bonchev–Trinajstić information content (AvgIpc) is 2.90. The van der Waals surface area contributed by atoms with Gasteiger partial charge in [0.05, 0.1) is 18.4 Å². The number of hydrazine groups is 1. The number of nitrogens with zero attached hydrogens (tertiary/aromatic N) is 1. The summed E-state index contributed by atoms with van der Waals surface area (Å²) in [6, 6.07) is 7.62. The molecule has 0 aliphatic rings. The highest BCUT2D eigenvalue weighted by Crippen LogP contribution is 2.34. The molecule has 0 saturated heterocycles. The second-order valence-electron chi connectivity index (χ2n) is 4.22. The summed E-state index contributed by atoms with van der Waals surface area (Å²) in [7, 11) is 1.62. The molecule has 0 atom stereocenters. The van der Waals surface area contributed by atoms with Crippen molar-refractivity contribution in [2.45, 2.75) is 19.8 Å². The van der Waals surface area contributed by atoms with Gasteiger partial charge < -0.3 is 4.74 Å². The summed E-state index contributed by atoms with van der Waals surface area (Å²) in [4.78, 5) is 16.9. The second-order valence-corrected chi connectivity index (χ2v) is 5.22. The summed E-state index contributed by atoms with van der Waals surface area (Å²) in [5.74, 6) is 5.67. The van der Waals surface area contributed by atoms with Crippen molar-refractivity contribution in [2.24, 2.45) is 5.84 Å². The maximum Gasteiger partial charge on any atom is 0.277 e. The van der Waals surface area contributed by atoms with Crippen LogP contribution in [0.15, 0.2) is 24.3 Å². The molecule has 1 aromatic heterocycles. The van der Waals surface area contributed by atoms with Crippen LogP contribution in [0.5, 0.6) is 5.75 Å². The molecule has 106 valence electrons. The van der Waals surface area contributed by atoms with Gasteiger partial charge in [0.25, 0.3) is 5.91 Å². The van der Waals surface area contributed by atoms with Gasteiger partial charge in [0.1, 0.15) is 15.6 Å². The minimum absolute atomic E-state index is 0.299. The van der Waals surface area contributed by atoms with Gasteiger partial charge in [-0.3, -0.25) is 10.2 Å². The Labute approximate surface area is 121 Å². The van der Waals surface area contributed by atoms with Crippen LogP contribution >= 0.6 is 11.3 Å². The van der Waals surface area contributed by atoms with E-state index < -0.39 is 0 Å². The van der Waals surface area contributed by atoms with Gasteiger partial charge in [0.15, 0.2) is 0 Å². The molecule has 1 amide bonds. The molecule has 6 heteroatoms. The van der Waals surface area contributed by atoms with E-state index in [2.05, 4.69) is 10.4 Å². The zero-order valence-electron chi connectivity index (χ0n) is 11.5. The molecule has 1 aromatic carbocycles. The van der Waals surface area contributed by atoms with Crippen molar-refractivity contribution < 1.29 is 9.53 Å². The first-order valence-corrected chi connectivity index (χ1v) is 7.17. The molecule has 5 nitrogen and oxygen atoms in total. The lowest BCUT2D eigenvalue weighted by Crippen LogP contribution is -2.30. The van der Waals surface area contributed by atoms with Gasteiger partial charge in [-0.2, -0.15) is 0 Å². The number of thiazole rings is 1. The fourth-order valence-corrected chi connectivity index (χ4v) is 2.98. The lowest BCUT2D eigenvalue weighted by atomic mass is 10.2. The Hall–Kier alpha value is -1.92. The number of hydrogen-bond donors (Lipinski definition) is 2. The fraction of sp³-hybridized carbons (Fsp3) is 0.286. The molecule has 0 bridgehead atoms. The Morgan fingerprint density at radius 2 is 2.20 bits per heavy atom. The minimum atomic E-state index is -0.299. The van der Waals surface area contributed by atoms with Crippen LogP contribution in [0.1, 0.15) is 28.7 Å². The normalized spacial score (nSPS) is 10.3. The van der Waals surface area contributed by atoms with Crippen LogP contribution in [0, 0.1) is 0 Å². The first kappa shape index (κ1) is 14.5. The third-order valence-corrected chi connectivity index (χ3v) is 3.99. The Bertz CT molecular complexity index is 610. The largest absolute Gasteiger partial charge is 0.496 e. The highest BCUT2D eigenvalue weighted by Gasteiger charge is 2.19. The summed E-state index contributed by atoms with van der Waals surface area (Å²) in [6.07, 6.45) is 1.66. The number of para-hydroxylation sites is 1. The molecule has 2 rings (SSSR count). The SMILES string of the molecule is CCCc1nc(-c2ccccc2OC)sc1C(=O)NN. The van der Waals surface area contributed by atoms with Gasteiger partial charge in [-0.15, -0.1) is 11.3 Å². The average molecular weight is 291 g/mol. The summed E-state index contributed by atoms with van der Waals surface area (Å²) in [5, 5.41) is 0.768. The molecule has 1 heterocycles. The van der Waals surface area contributed by atoms with E-state index in [-0.39, 0.29) is 5.91 Å². The molecule has 0 saturated carbocycles. The first-order chi connectivity index (χ1) is 9.71. The van der Waals surface area contributed by atoms with E-state index >= 15 is 0 Å². The van der Waals surface area contributed by atoms with Gasteiger partial charge in [-0.25, -0.2) is 10.8 Å². The van der Waals surface area contributed by atoms with E-state index in [1.165, 1.54) is 11.3 Å². The topological polar surface area (TPSA) is 77.2 Å². The number of rotatable bonds is 5. The summed E-state index contributed by atoms with van der Waals surface area (Å²) >= 11 is 1.33. The van der Waals surface area contributed by atoms with Crippen LogP contribution in [0.4, 0.5) is 0 Å². The number of benzene rings is 1. The maximum absolute atomic E-state index is 11.8. The highest BCUT2D eigenvalue weighted by atomic mass is 32.1. The van der Waals surface area contributed by atoms with Crippen LogP contribution in [0.2, 0.25) is 0 Å². The number of carbonyl (C=O) groups excluding carboxylic acids is 1. The predicted molar refractivity (Wildman–Crippen MR) is 79.8 cm³/mol. The number of amides is 1. The van der Waals surface area contributed by atoms with Gasteiger partial charge in [-0.05, 0) is 18.6 Å². The number of aromatic nitrogens is 1. The smallest absolute Gasteiger partial charge is 0.277 e. The van der Waals surface area contributed by atoms with E-state index in [1.807, 2.05) is 31.2 Å². The van der Waals surface area contributed by atoms with E-state index in [0.29, 0.717) is 4.88 Å². The number of aryl methyl sites for hydroxylation is 1. The minimum Gasteiger partial charge on any atom is -0.496 e. The first-order valence-electron chi connectivity index (χ1n) is 6.35. The van der Waals surface area contributed by atoms with E-state index in [9.17, 15) is 4.79 Å². The van der Waals surface area contributed by atoms with Crippen LogP contribution in [-0.4, -0.2) is 18.0 Å². The molecule has 0 aliphatic carbocycles. The standard InChI is InChI=1S/C14H17N3O2S/c1-3-6-10-12(13(18)17-15)20-14(16-10)9-7-4-5-8-11(9)19-2/h4-5,7-8H,3,6,15H2,1-2H3,(H,17,18). The molecule has 0 unspecified atom stereocenters. The van der Waals surface area contributed by atoms with Crippen LogP contribution in [-0.2, 0) is 6.42 Å². The molecule has 3 N–H and O–H groups in total. The van der Waals surface area contributed by atoms with Crippen molar-refractivity contribution in [2.75, 3.05) is 7.11 Å². The van der Waals surface area contributed by atoms with E-state index in [4.69, 9.17) is 10.6 Å². The van der Waals surface area contributed by atoms with Gasteiger partial charge in [0, 0.05) is 0 Å². The number of hydrogen-bond acceptors (Lipinski definition) is 5. The Kier molecular flexibility index (Phi) is 4.70. The molecule has 20 heavy (non-hydrogen) atoms. The highest BCUT2D eigenvalue weighted by molar-refractivity contribution is 7.17. The van der Waals surface area contributed by atoms with Crippen molar-refractivity contribution in [3.8, 4) is 16.3 Å². The Morgan fingerprint density at radius 3 is 2.85 bits per heavy atom.